The average Bonchev–Trinajstić information content (AvgIpc) is 2.64. The molecule has 25 heavy (non-hydrogen) atoms. The van der Waals surface area contributed by atoms with E-state index in [-0.39, 0.29) is 18.9 Å². The highest BCUT2D eigenvalue weighted by Crippen LogP contribution is 2.11. The summed E-state index contributed by atoms with van der Waals surface area (Å²) in [6.07, 6.45) is 0. The summed E-state index contributed by atoms with van der Waals surface area (Å²) in [5, 5.41) is 15.0. The number of carbonyl (C=O) groups is 2. The van der Waals surface area contributed by atoms with Gasteiger partial charge < -0.3 is 10.2 Å². The van der Waals surface area contributed by atoms with Crippen molar-refractivity contribution in [2.45, 2.75) is 6.54 Å². The molecule has 1 amide bonds. The van der Waals surface area contributed by atoms with E-state index in [9.17, 15) is 9.59 Å². The molecule has 2 aromatic carbocycles. The number of ketones is 1. The molecule has 0 fully saturated rings. The summed E-state index contributed by atoms with van der Waals surface area (Å²) >= 11 is 3.28. The van der Waals surface area contributed by atoms with Crippen LogP contribution < -0.4 is 5.32 Å². The van der Waals surface area contributed by atoms with Gasteiger partial charge in [-0.05, 0) is 17.7 Å². The third-order valence-electron chi connectivity index (χ3n) is 3.13. The molecule has 1 N–H and O–H groups in total. The molecule has 0 bridgehead atoms. The predicted octanol–water partition coefficient (Wildman–Crippen LogP) is 2.84. The molecule has 0 saturated heterocycles. The van der Waals surface area contributed by atoms with E-state index in [1.165, 1.54) is 0 Å². The van der Waals surface area contributed by atoms with Crippen LogP contribution in [-0.2, 0) is 16.2 Å². The van der Waals surface area contributed by atoms with E-state index in [0.717, 1.165) is 10.0 Å². The highest BCUT2D eigenvalue weighted by molar-refractivity contribution is 9.10. The van der Waals surface area contributed by atoms with E-state index < -0.39 is 11.6 Å². The second-order valence-electron chi connectivity index (χ2n) is 4.92. The second-order valence-corrected chi connectivity index (χ2v) is 5.84. The maximum absolute atomic E-state index is 11.9. The van der Waals surface area contributed by atoms with Gasteiger partial charge in [-0.2, -0.15) is 5.26 Å². The topological polar surface area (TPSA) is 91.5 Å². The number of nitrogens with zero attached hydrogens (tertiary/aromatic N) is 2. The average molecular weight is 400 g/mol. The van der Waals surface area contributed by atoms with Gasteiger partial charge in [0.1, 0.15) is 6.07 Å². The van der Waals surface area contributed by atoms with Crippen molar-refractivity contribution < 1.29 is 14.4 Å². The number of rotatable bonds is 7. The molecule has 0 saturated carbocycles. The summed E-state index contributed by atoms with van der Waals surface area (Å²) in [5.74, 6) is -0.972. The van der Waals surface area contributed by atoms with Crippen LogP contribution in [0.2, 0.25) is 0 Å². The number of amides is 1. The fourth-order valence-corrected chi connectivity index (χ4v) is 2.11. The molecular weight excluding hydrogens is 386 g/mol. The van der Waals surface area contributed by atoms with E-state index in [0.29, 0.717) is 5.56 Å². The van der Waals surface area contributed by atoms with Gasteiger partial charge in [-0.3, -0.25) is 9.59 Å². The van der Waals surface area contributed by atoms with Gasteiger partial charge in [0.25, 0.3) is 5.91 Å². The molecule has 0 aromatic heterocycles. The van der Waals surface area contributed by atoms with E-state index in [4.69, 9.17) is 10.1 Å². The van der Waals surface area contributed by atoms with Crippen LogP contribution in [0, 0.1) is 11.3 Å². The number of nitriles is 1. The summed E-state index contributed by atoms with van der Waals surface area (Å²) in [5.41, 5.74) is 0.893. The van der Waals surface area contributed by atoms with Crippen molar-refractivity contribution in [3.63, 3.8) is 0 Å². The van der Waals surface area contributed by atoms with Gasteiger partial charge in [0.15, 0.2) is 6.61 Å². The third-order valence-corrected chi connectivity index (χ3v) is 3.66. The van der Waals surface area contributed by atoms with Crippen LogP contribution >= 0.6 is 15.9 Å². The van der Waals surface area contributed by atoms with Crippen molar-refractivity contribution in [1.82, 2.24) is 5.32 Å². The van der Waals surface area contributed by atoms with Crippen LogP contribution in [0.3, 0.4) is 0 Å². The van der Waals surface area contributed by atoms with E-state index in [1.807, 2.05) is 30.3 Å². The van der Waals surface area contributed by atoms with Crippen LogP contribution in [0.4, 0.5) is 0 Å². The van der Waals surface area contributed by atoms with Gasteiger partial charge >= 0.3 is 0 Å². The molecule has 0 atom stereocenters. The highest BCUT2D eigenvalue weighted by Gasteiger charge is 2.12. The summed E-state index contributed by atoms with van der Waals surface area (Å²) in [7, 11) is 0. The normalized spacial score (nSPS) is 10.6. The van der Waals surface area contributed by atoms with Gasteiger partial charge in [-0.1, -0.05) is 63.6 Å². The summed E-state index contributed by atoms with van der Waals surface area (Å²) in [6, 6.07) is 17.6. The minimum Gasteiger partial charge on any atom is -0.386 e. The van der Waals surface area contributed by atoms with Gasteiger partial charge in [0.05, 0.1) is 0 Å². The Bertz CT molecular complexity index is 812. The molecule has 0 heterocycles. The minimum atomic E-state index is -0.664. The van der Waals surface area contributed by atoms with E-state index in [1.54, 1.807) is 30.3 Å². The monoisotopic (exact) mass is 399 g/mol. The quantitative estimate of drug-likeness (QED) is 0.440. The molecule has 7 heteroatoms. The lowest BCUT2D eigenvalue weighted by molar-refractivity contribution is -0.115. The Hall–Kier alpha value is -2.98. The van der Waals surface area contributed by atoms with Crippen molar-refractivity contribution in [1.29, 1.82) is 5.26 Å². The Morgan fingerprint density at radius 1 is 1.12 bits per heavy atom. The molecule has 0 spiro atoms. The first-order valence-electron chi connectivity index (χ1n) is 7.31. The van der Waals surface area contributed by atoms with Crippen LogP contribution in [-0.4, -0.2) is 24.0 Å². The molecule has 0 aliphatic heterocycles. The standard InChI is InChI=1S/C18H14BrN3O3/c19-15-8-6-14(7-9-15)17(23)12-25-22-16(10-20)18(24)21-11-13-4-2-1-3-5-13/h1-9H,11-12H2,(H,21,24)/b22-16+. The zero-order valence-corrected chi connectivity index (χ0v) is 14.7. The summed E-state index contributed by atoms with van der Waals surface area (Å²) in [4.78, 5) is 28.7. The number of hydrogen-bond acceptors (Lipinski definition) is 5. The maximum atomic E-state index is 11.9. The number of hydrogen-bond donors (Lipinski definition) is 1. The minimum absolute atomic E-state index is 0.262. The smallest absolute Gasteiger partial charge is 0.284 e. The highest BCUT2D eigenvalue weighted by atomic mass is 79.9. The first-order chi connectivity index (χ1) is 12.1. The van der Waals surface area contributed by atoms with Gasteiger partial charge in [0, 0.05) is 16.6 Å². The van der Waals surface area contributed by atoms with Crippen molar-refractivity contribution in [2.75, 3.05) is 6.61 Å². The number of halogens is 1. The molecule has 6 nitrogen and oxygen atoms in total. The molecule has 2 aromatic rings. The van der Waals surface area contributed by atoms with E-state index >= 15 is 0 Å². The van der Waals surface area contributed by atoms with Crippen LogP contribution in [0.15, 0.2) is 64.2 Å². The number of nitrogens with one attached hydrogen (secondary N) is 1. The molecule has 0 unspecified atom stereocenters. The Labute approximate surface area is 153 Å². The first-order valence-corrected chi connectivity index (χ1v) is 8.10. The fraction of sp³-hybridized carbons (Fsp3) is 0.111. The van der Waals surface area contributed by atoms with E-state index in [2.05, 4.69) is 26.4 Å². The van der Waals surface area contributed by atoms with Crippen molar-refractivity contribution in [3.8, 4) is 6.07 Å². The van der Waals surface area contributed by atoms with Crippen LogP contribution in [0.1, 0.15) is 15.9 Å². The SMILES string of the molecule is N#C/C(=N\OCC(=O)c1ccc(Br)cc1)C(=O)NCc1ccccc1. The second kappa shape index (κ2) is 9.35. The molecule has 0 radical (unpaired) electrons. The maximum Gasteiger partial charge on any atom is 0.284 e. The fourth-order valence-electron chi connectivity index (χ4n) is 1.85. The van der Waals surface area contributed by atoms with Gasteiger partial charge in [-0.25, -0.2) is 0 Å². The molecule has 0 aliphatic carbocycles. The summed E-state index contributed by atoms with van der Waals surface area (Å²) < 4.78 is 0.852. The van der Waals surface area contributed by atoms with Crippen molar-refractivity contribution >= 4 is 33.3 Å². The van der Waals surface area contributed by atoms with Crippen LogP contribution in [0.25, 0.3) is 0 Å². The first kappa shape index (κ1) is 18.4. The molecule has 0 aliphatic rings. The Kier molecular flexibility index (Phi) is 6.87. The number of Topliss-reactive ketones (excluding diaryl/α,β-unsaturated/α-hetero) is 1. The number of carbonyl (C=O) groups excluding carboxylic acids is 2. The van der Waals surface area contributed by atoms with Crippen molar-refractivity contribution in [3.05, 3.63) is 70.2 Å². The summed E-state index contributed by atoms with van der Waals surface area (Å²) in [6.45, 7) is -0.100. The lowest BCUT2D eigenvalue weighted by atomic mass is 10.1. The Balaban J connectivity index is 1.86. The predicted molar refractivity (Wildman–Crippen MR) is 95.8 cm³/mol. The molecule has 126 valence electrons. The van der Waals surface area contributed by atoms with Gasteiger partial charge in [0.2, 0.25) is 11.5 Å². The van der Waals surface area contributed by atoms with Crippen molar-refractivity contribution in [2.24, 2.45) is 5.16 Å². The Morgan fingerprint density at radius 3 is 2.44 bits per heavy atom. The zero-order valence-electron chi connectivity index (χ0n) is 13.1. The van der Waals surface area contributed by atoms with Crippen LogP contribution in [0.5, 0.6) is 0 Å². The number of oxime groups is 1. The lowest BCUT2D eigenvalue weighted by Crippen LogP contribution is -2.30. The Morgan fingerprint density at radius 2 is 1.80 bits per heavy atom. The zero-order chi connectivity index (χ0) is 18.1. The largest absolute Gasteiger partial charge is 0.386 e. The lowest BCUT2D eigenvalue weighted by Gasteiger charge is -2.04. The van der Waals surface area contributed by atoms with Gasteiger partial charge in [-0.15, -0.1) is 0 Å². The third kappa shape index (κ3) is 5.86. The molecular formula is C18H14BrN3O3. The molecule has 2 rings (SSSR count). The number of benzene rings is 2.